The molecular weight excluding hydrogens is 292 g/mol. The second-order valence-corrected chi connectivity index (χ2v) is 5.99. The first kappa shape index (κ1) is 17.3. The highest BCUT2D eigenvalue weighted by molar-refractivity contribution is 5.96. The minimum Gasteiger partial charge on any atom is -0.496 e. The third-order valence-corrected chi connectivity index (χ3v) is 4.20. The van der Waals surface area contributed by atoms with Crippen LogP contribution in [0, 0.1) is 0 Å². The van der Waals surface area contributed by atoms with Crippen LogP contribution in [0.4, 0.5) is 0 Å². The fourth-order valence-electron chi connectivity index (χ4n) is 2.98. The van der Waals surface area contributed by atoms with Crippen LogP contribution in [0.5, 0.6) is 5.75 Å². The molecule has 5 heteroatoms. The van der Waals surface area contributed by atoms with Gasteiger partial charge in [-0.2, -0.15) is 0 Å². The molecule has 1 aliphatic carbocycles. The van der Waals surface area contributed by atoms with Gasteiger partial charge in [-0.25, -0.2) is 0 Å². The van der Waals surface area contributed by atoms with Crippen molar-refractivity contribution in [2.24, 2.45) is 0 Å². The van der Waals surface area contributed by atoms with E-state index in [-0.39, 0.29) is 24.3 Å². The number of ether oxygens (including phenoxy) is 1. The highest BCUT2D eigenvalue weighted by Gasteiger charge is 2.17. The van der Waals surface area contributed by atoms with E-state index in [1.165, 1.54) is 6.42 Å². The molecule has 0 spiro atoms. The Bertz CT molecular complexity index is 525. The smallest absolute Gasteiger partial charge is 0.229 e. The van der Waals surface area contributed by atoms with Crippen LogP contribution in [0.3, 0.4) is 0 Å². The van der Waals surface area contributed by atoms with Crippen LogP contribution in [-0.4, -0.2) is 31.5 Å². The third-order valence-electron chi connectivity index (χ3n) is 4.20. The quantitative estimate of drug-likeness (QED) is 0.757. The van der Waals surface area contributed by atoms with E-state index in [1.54, 1.807) is 7.11 Å². The lowest BCUT2D eigenvalue weighted by Crippen LogP contribution is -2.39. The lowest BCUT2D eigenvalue weighted by atomic mass is 9.95. The van der Waals surface area contributed by atoms with Gasteiger partial charge in [-0.3, -0.25) is 9.59 Å². The Morgan fingerprint density at radius 1 is 1.13 bits per heavy atom. The average Bonchev–Trinajstić information content (AvgIpc) is 2.56. The largest absolute Gasteiger partial charge is 0.496 e. The van der Waals surface area contributed by atoms with E-state index in [4.69, 9.17) is 4.74 Å². The van der Waals surface area contributed by atoms with Crippen molar-refractivity contribution in [3.8, 4) is 5.75 Å². The summed E-state index contributed by atoms with van der Waals surface area (Å²) in [4.78, 5) is 23.7. The van der Waals surface area contributed by atoms with Gasteiger partial charge < -0.3 is 15.4 Å². The summed E-state index contributed by atoms with van der Waals surface area (Å²) in [5, 5.41) is 5.75. The molecule has 126 valence electrons. The van der Waals surface area contributed by atoms with E-state index < -0.39 is 0 Å². The van der Waals surface area contributed by atoms with E-state index in [0.29, 0.717) is 13.0 Å². The zero-order valence-electron chi connectivity index (χ0n) is 13.8. The van der Waals surface area contributed by atoms with Gasteiger partial charge in [-0.1, -0.05) is 37.5 Å². The number of hydrogen-bond acceptors (Lipinski definition) is 3. The highest BCUT2D eigenvalue weighted by atomic mass is 16.5. The molecular formula is C18H26N2O3. The number of benzene rings is 1. The van der Waals surface area contributed by atoms with Crippen molar-refractivity contribution in [3.05, 3.63) is 29.8 Å². The van der Waals surface area contributed by atoms with Crippen LogP contribution in [0.25, 0.3) is 0 Å². The van der Waals surface area contributed by atoms with E-state index in [0.717, 1.165) is 37.0 Å². The predicted molar refractivity (Wildman–Crippen MR) is 89.3 cm³/mol. The Morgan fingerprint density at radius 3 is 2.61 bits per heavy atom. The SMILES string of the molecule is COc1ccccc1CCNC(=O)CC(=O)NC1CCCCC1. The van der Waals surface area contributed by atoms with Crippen molar-refractivity contribution in [2.75, 3.05) is 13.7 Å². The Balaban J connectivity index is 1.67. The van der Waals surface area contributed by atoms with E-state index in [2.05, 4.69) is 10.6 Å². The van der Waals surface area contributed by atoms with Gasteiger partial charge in [-0.15, -0.1) is 0 Å². The van der Waals surface area contributed by atoms with E-state index >= 15 is 0 Å². The van der Waals surface area contributed by atoms with Gasteiger partial charge in [-0.05, 0) is 30.9 Å². The number of amides is 2. The van der Waals surface area contributed by atoms with Gasteiger partial charge in [0.15, 0.2) is 0 Å². The van der Waals surface area contributed by atoms with Crippen molar-refractivity contribution >= 4 is 11.8 Å². The van der Waals surface area contributed by atoms with Crippen molar-refractivity contribution < 1.29 is 14.3 Å². The molecule has 1 saturated carbocycles. The first-order valence-electron chi connectivity index (χ1n) is 8.37. The van der Waals surface area contributed by atoms with E-state index in [1.807, 2.05) is 24.3 Å². The average molecular weight is 318 g/mol. The second-order valence-electron chi connectivity index (χ2n) is 5.99. The molecule has 0 unspecified atom stereocenters. The zero-order valence-corrected chi connectivity index (χ0v) is 13.8. The fraction of sp³-hybridized carbons (Fsp3) is 0.556. The Hall–Kier alpha value is -2.04. The zero-order chi connectivity index (χ0) is 16.5. The number of para-hydroxylation sites is 1. The molecule has 23 heavy (non-hydrogen) atoms. The molecule has 0 aromatic heterocycles. The number of hydrogen-bond donors (Lipinski definition) is 2. The number of carbonyl (C=O) groups is 2. The van der Waals surface area contributed by atoms with Crippen molar-refractivity contribution in [3.63, 3.8) is 0 Å². The van der Waals surface area contributed by atoms with Gasteiger partial charge in [0.2, 0.25) is 11.8 Å². The molecule has 5 nitrogen and oxygen atoms in total. The van der Waals surface area contributed by atoms with Crippen LogP contribution in [0.2, 0.25) is 0 Å². The molecule has 0 atom stereocenters. The van der Waals surface area contributed by atoms with E-state index in [9.17, 15) is 9.59 Å². The summed E-state index contributed by atoms with van der Waals surface area (Å²) < 4.78 is 5.28. The topological polar surface area (TPSA) is 67.4 Å². The first-order valence-corrected chi connectivity index (χ1v) is 8.37. The molecule has 1 fully saturated rings. The summed E-state index contributed by atoms with van der Waals surface area (Å²) in [6.07, 6.45) is 6.21. The fourth-order valence-corrected chi connectivity index (χ4v) is 2.98. The normalized spacial score (nSPS) is 15.0. The monoisotopic (exact) mass is 318 g/mol. The molecule has 1 aromatic carbocycles. The Labute approximate surface area is 137 Å². The molecule has 0 saturated heterocycles. The van der Waals surface area contributed by atoms with Crippen molar-refractivity contribution in [2.45, 2.75) is 51.0 Å². The molecule has 0 aliphatic heterocycles. The maximum atomic E-state index is 11.9. The molecule has 2 amide bonds. The minimum atomic E-state index is -0.229. The molecule has 2 rings (SSSR count). The molecule has 1 aromatic rings. The Morgan fingerprint density at radius 2 is 1.87 bits per heavy atom. The number of rotatable bonds is 7. The highest BCUT2D eigenvalue weighted by Crippen LogP contribution is 2.18. The van der Waals surface area contributed by atoms with Gasteiger partial charge >= 0.3 is 0 Å². The summed E-state index contributed by atoms with van der Waals surface area (Å²) in [6.45, 7) is 0.496. The van der Waals surface area contributed by atoms with Gasteiger partial charge in [0.05, 0.1) is 7.11 Å². The summed E-state index contributed by atoms with van der Waals surface area (Å²) in [7, 11) is 1.63. The maximum Gasteiger partial charge on any atom is 0.229 e. The van der Waals surface area contributed by atoms with Crippen LogP contribution < -0.4 is 15.4 Å². The van der Waals surface area contributed by atoms with Crippen LogP contribution in [0.1, 0.15) is 44.1 Å². The van der Waals surface area contributed by atoms with Crippen LogP contribution in [-0.2, 0) is 16.0 Å². The van der Waals surface area contributed by atoms with Gasteiger partial charge in [0.1, 0.15) is 12.2 Å². The lowest BCUT2D eigenvalue weighted by molar-refractivity contribution is -0.129. The van der Waals surface area contributed by atoms with Crippen LogP contribution >= 0.6 is 0 Å². The summed E-state index contributed by atoms with van der Waals surface area (Å²) >= 11 is 0. The third kappa shape index (κ3) is 5.93. The number of carbonyl (C=O) groups excluding carboxylic acids is 2. The summed E-state index contributed by atoms with van der Waals surface area (Å²) in [5.41, 5.74) is 1.04. The second kappa shape index (κ2) is 9.18. The van der Waals surface area contributed by atoms with Crippen molar-refractivity contribution in [1.82, 2.24) is 10.6 Å². The molecule has 1 aliphatic rings. The van der Waals surface area contributed by atoms with Crippen molar-refractivity contribution in [1.29, 1.82) is 0 Å². The minimum absolute atomic E-state index is 0.0948. The number of nitrogens with one attached hydrogen (secondary N) is 2. The summed E-state index contributed by atoms with van der Waals surface area (Å²) in [5.74, 6) is 0.414. The molecule has 0 bridgehead atoms. The maximum absolute atomic E-state index is 11.9. The molecule has 0 radical (unpaired) electrons. The standard InChI is InChI=1S/C18H26N2O3/c1-23-16-10-6-5-7-14(16)11-12-19-17(21)13-18(22)20-15-8-3-2-4-9-15/h5-7,10,15H,2-4,8-9,11-13H2,1H3,(H,19,21)(H,20,22). The summed E-state index contributed by atoms with van der Waals surface area (Å²) in [6, 6.07) is 7.97. The van der Waals surface area contributed by atoms with Crippen LogP contribution in [0.15, 0.2) is 24.3 Å². The Kier molecular flexibility index (Phi) is 6.91. The molecule has 0 heterocycles. The first-order chi connectivity index (χ1) is 11.2. The van der Waals surface area contributed by atoms with Gasteiger partial charge in [0, 0.05) is 12.6 Å². The number of methoxy groups -OCH3 is 1. The lowest BCUT2D eigenvalue weighted by Gasteiger charge is -2.22. The van der Waals surface area contributed by atoms with Gasteiger partial charge in [0.25, 0.3) is 0 Å². The molecule has 2 N–H and O–H groups in total. The predicted octanol–water partition coefficient (Wildman–Crippen LogP) is 2.19.